The minimum atomic E-state index is 0.846. The first kappa shape index (κ1) is 20.6. The molecule has 2 heterocycles. The third-order valence-electron chi connectivity index (χ3n) is 4.87. The van der Waals surface area contributed by atoms with Crippen LogP contribution in [0.3, 0.4) is 0 Å². The molecule has 0 unspecified atom stereocenters. The van der Waals surface area contributed by atoms with Crippen LogP contribution in [0.2, 0.25) is 0 Å². The monoisotopic (exact) mass is 394 g/mol. The fourth-order valence-electron chi connectivity index (χ4n) is 3.33. The minimum Gasteiger partial charge on any atom is -0.343 e. The molecule has 0 saturated carbocycles. The third kappa shape index (κ3) is 5.47. The van der Waals surface area contributed by atoms with Crippen molar-refractivity contribution in [1.29, 1.82) is 0 Å². The molecule has 0 spiro atoms. The number of fused-ring (bicyclic) bond motifs is 1. The predicted molar refractivity (Wildman–Crippen MR) is 124 cm³/mol. The molecule has 0 aliphatic carbocycles. The Kier molecular flexibility index (Phi) is 6.94. The van der Waals surface area contributed by atoms with Crippen molar-refractivity contribution in [2.75, 3.05) is 45.1 Å². The second kappa shape index (κ2) is 9.41. The third-order valence-corrected chi connectivity index (χ3v) is 5.91. The molecule has 1 aromatic carbocycles. The van der Waals surface area contributed by atoms with Crippen LogP contribution in [0, 0.1) is 0 Å². The largest absolute Gasteiger partial charge is 0.343 e. The molecule has 3 rings (SSSR count). The van der Waals surface area contributed by atoms with Crippen molar-refractivity contribution < 1.29 is 0 Å². The summed E-state index contributed by atoms with van der Waals surface area (Å²) in [7, 11) is 2.17. The SMILES string of the molecule is C=C(CN1CCN(C)CC1)Nc1cc2cc(/C(=C/C)SC(=C)C)ccc2cn1. The summed E-state index contributed by atoms with van der Waals surface area (Å²) in [6.45, 7) is 17.6. The molecule has 1 fully saturated rings. The molecule has 28 heavy (non-hydrogen) atoms. The Bertz CT molecular complexity index is 895. The molecule has 1 saturated heterocycles. The van der Waals surface area contributed by atoms with E-state index in [4.69, 9.17) is 0 Å². The molecule has 1 aliphatic rings. The highest BCUT2D eigenvalue weighted by Gasteiger charge is 2.14. The van der Waals surface area contributed by atoms with Gasteiger partial charge in [0, 0.05) is 54.9 Å². The highest BCUT2D eigenvalue weighted by Crippen LogP contribution is 2.34. The van der Waals surface area contributed by atoms with Crippen molar-refractivity contribution in [1.82, 2.24) is 14.8 Å². The van der Waals surface area contributed by atoms with Crippen molar-refractivity contribution in [3.05, 3.63) is 65.9 Å². The lowest BCUT2D eigenvalue weighted by atomic mass is 10.1. The number of allylic oxidation sites excluding steroid dienone is 2. The van der Waals surface area contributed by atoms with E-state index in [1.807, 2.05) is 13.1 Å². The number of anilines is 1. The number of thioether (sulfide) groups is 1. The zero-order valence-electron chi connectivity index (χ0n) is 17.2. The molecule has 148 valence electrons. The molecule has 1 aromatic heterocycles. The highest BCUT2D eigenvalue weighted by molar-refractivity contribution is 8.11. The summed E-state index contributed by atoms with van der Waals surface area (Å²) < 4.78 is 0. The second-order valence-electron chi connectivity index (χ2n) is 7.40. The number of pyridine rings is 1. The van der Waals surface area contributed by atoms with Crippen LogP contribution in [0.5, 0.6) is 0 Å². The second-order valence-corrected chi connectivity index (χ2v) is 8.74. The van der Waals surface area contributed by atoms with Gasteiger partial charge in [0.1, 0.15) is 5.82 Å². The number of hydrogen-bond donors (Lipinski definition) is 1. The van der Waals surface area contributed by atoms with Gasteiger partial charge in [0.05, 0.1) is 0 Å². The van der Waals surface area contributed by atoms with E-state index < -0.39 is 0 Å². The maximum atomic E-state index is 4.56. The number of benzene rings is 1. The summed E-state index contributed by atoms with van der Waals surface area (Å²) >= 11 is 1.71. The Hall–Kier alpha value is -2.08. The number of likely N-dealkylation sites (N-methyl/N-ethyl adjacent to an activating group) is 1. The van der Waals surface area contributed by atoms with Gasteiger partial charge in [0.15, 0.2) is 0 Å². The van der Waals surface area contributed by atoms with E-state index in [0.717, 1.165) is 54.5 Å². The average Bonchev–Trinajstić information content (AvgIpc) is 2.67. The number of aromatic nitrogens is 1. The van der Waals surface area contributed by atoms with Crippen LogP contribution in [0.4, 0.5) is 5.82 Å². The number of nitrogens with one attached hydrogen (secondary N) is 1. The first-order chi connectivity index (χ1) is 13.4. The average molecular weight is 395 g/mol. The molecule has 0 bridgehead atoms. The van der Waals surface area contributed by atoms with Crippen LogP contribution in [-0.4, -0.2) is 54.6 Å². The Morgan fingerprint density at radius 1 is 1.18 bits per heavy atom. The maximum Gasteiger partial charge on any atom is 0.130 e. The van der Waals surface area contributed by atoms with E-state index in [1.54, 1.807) is 11.8 Å². The molecule has 5 heteroatoms. The Morgan fingerprint density at radius 2 is 1.93 bits per heavy atom. The Balaban J connectivity index is 1.71. The predicted octanol–water partition coefficient (Wildman–Crippen LogP) is 5.04. The zero-order valence-corrected chi connectivity index (χ0v) is 18.0. The number of piperazine rings is 1. The van der Waals surface area contributed by atoms with Crippen molar-refractivity contribution in [3.63, 3.8) is 0 Å². The van der Waals surface area contributed by atoms with Crippen LogP contribution in [0.15, 0.2) is 60.3 Å². The molecule has 1 aliphatic heterocycles. The van der Waals surface area contributed by atoms with Crippen LogP contribution in [-0.2, 0) is 0 Å². The Morgan fingerprint density at radius 3 is 2.61 bits per heavy atom. The number of hydrogen-bond acceptors (Lipinski definition) is 5. The van der Waals surface area contributed by atoms with Crippen LogP contribution >= 0.6 is 11.8 Å². The molecule has 1 N–H and O–H groups in total. The summed E-state index contributed by atoms with van der Waals surface area (Å²) in [4.78, 5) is 11.7. The van der Waals surface area contributed by atoms with Gasteiger partial charge in [-0.1, -0.05) is 43.1 Å². The lowest BCUT2D eigenvalue weighted by Gasteiger charge is -2.32. The van der Waals surface area contributed by atoms with E-state index >= 15 is 0 Å². The highest BCUT2D eigenvalue weighted by atomic mass is 32.2. The summed E-state index contributed by atoms with van der Waals surface area (Å²) in [5, 5.41) is 5.70. The molecule has 0 radical (unpaired) electrons. The van der Waals surface area contributed by atoms with E-state index in [1.165, 1.54) is 15.9 Å². The van der Waals surface area contributed by atoms with Gasteiger partial charge in [-0.3, -0.25) is 4.90 Å². The number of nitrogens with zero attached hydrogens (tertiary/aromatic N) is 3. The minimum absolute atomic E-state index is 0.846. The zero-order chi connectivity index (χ0) is 20.1. The lowest BCUT2D eigenvalue weighted by molar-refractivity contribution is 0.164. The molecule has 2 aromatic rings. The topological polar surface area (TPSA) is 31.4 Å². The van der Waals surface area contributed by atoms with Gasteiger partial charge in [-0.25, -0.2) is 4.98 Å². The van der Waals surface area contributed by atoms with Crippen molar-refractivity contribution >= 4 is 33.3 Å². The van der Waals surface area contributed by atoms with Gasteiger partial charge in [-0.15, -0.1) is 0 Å². The van der Waals surface area contributed by atoms with Crippen molar-refractivity contribution in [2.24, 2.45) is 0 Å². The van der Waals surface area contributed by atoms with Crippen LogP contribution < -0.4 is 5.32 Å². The summed E-state index contributed by atoms with van der Waals surface area (Å²) in [5.74, 6) is 0.846. The van der Waals surface area contributed by atoms with Gasteiger partial charge in [-0.2, -0.15) is 0 Å². The standard InChI is InChI=1S/C23H30N4S/c1-6-22(28-17(2)3)19-7-8-20-15-24-23(14-21(20)13-19)25-18(4)16-27-11-9-26(5)10-12-27/h6-8,13-15H,2,4,9-12,16H2,1,3,5H3,(H,24,25)/b22-6-. The lowest BCUT2D eigenvalue weighted by Crippen LogP contribution is -2.45. The quantitative estimate of drug-likeness (QED) is 0.711. The van der Waals surface area contributed by atoms with Gasteiger partial charge in [0.2, 0.25) is 0 Å². The van der Waals surface area contributed by atoms with E-state index in [2.05, 4.69) is 77.6 Å². The molecule has 4 nitrogen and oxygen atoms in total. The molecule has 0 atom stereocenters. The fraction of sp³-hybridized carbons (Fsp3) is 0.348. The number of rotatable bonds is 7. The van der Waals surface area contributed by atoms with Gasteiger partial charge >= 0.3 is 0 Å². The summed E-state index contributed by atoms with van der Waals surface area (Å²) in [6.07, 6.45) is 4.06. The smallest absolute Gasteiger partial charge is 0.130 e. The first-order valence-corrected chi connectivity index (χ1v) is 10.5. The van der Waals surface area contributed by atoms with Crippen molar-refractivity contribution in [3.8, 4) is 0 Å². The summed E-state index contributed by atoms with van der Waals surface area (Å²) in [5.41, 5.74) is 2.19. The van der Waals surface area contributed by atoms with Crippen LogP contribution in [0.1, 0.15) is 19.4 Å². The fourth-order valence-corrected chi connectivity index (χ4v) is 4.07. The van der Waals surface area contributed by atoms with E-state index in [0.29, 0.717) is 0 Å². The molecule has 0 amide bonds. The van der Waals surface area contributed by atoms with Crippen molar-refractivity contribution in [2.45, 2.75) is 13.8 Å². The van der Waals surface area contributed by atoms with Gasteiger partial charge in [-0.05, 0) is 48.9 Å². The van der Waals surface area contributed by atoms with E-state index in [-0.39, 0.29) is 0 Å². The Labute approximate surface area is 173 Å². The molecular weight excluding hydrogens is 364 g/mol. The van der Waals surface area contributed by atoms with Crippen LogP contribution in [0.25, 0.3) is 15.7 Å². The normalized spacial score (nSPS) is 16.3. The van der Waals surface area contributed by atoms with E-state index in [9.17, 15) is 0 Å². The summed E-state index contributed by atoms with van der Waals surface area (Å²) in [6, 6.07) is 8.60. The first-order valence-electron chi connectivity index (χ1n) is 9.70. The molecular formula is C23H30N4S. The maximum absolute atomic E-state index is 4.56. The van der Waals surface area contributed by atoms with Gasteiger partial charge < -0.3 is 10.2 Å². The van der Waals surface area contributed by atoms with Gasteiger partial charge in [0.25, 0.3) is 0 Å².